The Morgan fingerprint density at radius 3 is 2.96 bits per heavy atom. The van der Waals surface area contributed by atoms with Crippen molar-refractivity contribution in [3.05, 3.63) is 53.9 Å². The Morgan fingerprint density at radius 2 is 2.17 bits per heavy atom. The first-order valence-corrected chi connectivity index (χ1v) is 8.31. The van der Waals surface area contributed by atoms with E-state index in [2.05, 4.69) is 15.3 Å². The smallest absolute Gasteiger partial charge is 0.180 e. The van der Waals surface area contributed by atoms with Crippen molar-refractivity contribution in [1.29, 1.82) is 0 Å². The molecule has 1 N–H and O–H groups in total. The Kier molecular flexibility index (Phi) is 3.94. The zero-order valence-electron chi connectivity index (χ0n) is 13.7. The Labute approximate surface area is 141 Å². The summed E-state index contributed by atoms with van der Waals surface area (Å²) >= 11 is 0. The zero-order chi connectivity index (χ0) is 16.4. The van der Waals surface area contributed by atoms with Crippen LogP contribution in [0.5, 0.6) is 0 Å². The number of fused-ring (bicyclic) bond motifs is 1. The highest BCUT2D eigenvalue weighted by Gasteiger charge is 2.20. The molecule has 0 saturated heterocycles. The maximum atomic E-state index is 4.75. The van der Waals surface area contributed by atoms with Crippen molar-refractivity contribution in [2.45, 2.75) is 25.7 Å². The van der Waals surface area contributed by atoms with E-state index >= 15 is 0 Å². The number of aromatic nitrogens is 5. The highest BCUT2D eigenvalue weighted by atomic mass is 15.1. The Bertz CT molecular complexity index is 840. The van der Waals surface area contributed by atoms with Gasteiger partial charge in [-0.05, 0) is 31.4 Å². The van der Waals surface area contributed by atoms with Gasteiger partial charge in [0.25, 0.3) is 0 Å². The SMILES string of the molecule is Cn1cncc1CCNc1nc(-c2ccccn2)nc2c1CCC2. The molecule has 0 radical (unpaired) electrons. The summed E-state index contributed by atoms with van der Waals surface area (Å²) in [6.45, 7) is 0.824. The van der Waals surface area contributed by atoms with Crippen LogP contribution in [-0.4, -0.2) is 31.0 Å². The van der Waals surface area contributed by atoms with Crippen LogP contribution in [0.15, 0.2) is 36.9 Å². The van der Waals surface area contributed by atoms with Crippen molar-refractivity contribution in [1.82, 2.24) is 24.5 Å². The van der Waals surface area contributed by atoms with Crippen LogP contribution in [0.3, 0.4) is 0 Å². The van der Waals surface area contributed by atoms with Crippen LogP contribution in [0.4, 0.5) is 5.82 Å². The number of hydrogen-bond acceptors (Lipinski definition) is 5. The van der Waals surface area contributed by atoms with Crippen LogP contribution >= 0.6 is 0 Å². The molecule has 0 unspecified atom stereocenters. The van der Waals surface area contributed by atoms with Crippen LogP contribution in [0, 0.1) is 0 Å². The van der Waals surface area contributed by atoms with E-state index in [1.165, 1.54) is 11.3 Å². The second kappa shape index (κ2) is 6.39. The first-order chi connectivity index (χ1) is 11.8. The number of pyridine rings is 1. The number of aryl methyl sites for hydroxylation is 2. The summed E-state index contributed by atoms with van der Waals surface area (Å²) in [5.74, 6) is 1.67. The fourth-order valence-corrected chi connectivity index (χ4v) is 3.12. The van der Waals surface area contributed by atoms with Gasteiger partial charge in [0.2, 0.25) is 0 Å². The van der Waals surface area contributed by atoms with Crippen LogP contribution in [0.1, 0.15) is 23.4 Å². The quantitative estimate of drug-likeness (QED) is 0.782. The van der Waals surface area contributed by atoms with Gasteiger partial charge < -0.3 is 9.88 Å². The number of nitrogens with zero attached hydrogens (tertiary/aromatic N) is 5. The minimum absolute atomic E-state index is 0.708. The summed E-state index contributed by atoms with van der Waals surface area (Å²) in [5, 5.41) is 3.50. The van der Waals surface area contributed by atoms with E-state index in [1.54, 1.807) is 6.20 Å². The fraction of sp³-hybridized carbons (Fsp3) is 0.333. The lowest BCUT2D eigenvalue weighted by Crippen LogP contribution is -2.12. The normalized spacial score (nSPS) is 13.0. The van der Waals surface area contributed by atoms with Gasteiger partial charge in [-0.15, -0.1) is 0 Å². The minimum atomic E-state index is 0.708. The van der Waals surface area contributed by atoms with Crippen molar-refractivity contribution in [3.63, 3.8) is 0 Å². The molecule has 0 saturated carbocycles. The fourth-order valence-electron chi connectivity index (χ4n) is 3.12. The lowest BCUT2D eigenvalue weighted by Gasteiger charge is -2.12. The van der Waals surface area contributed by atoms with E-state index in [0.29, 0.717) is 5.82 Å². The van der Waals surface area contributed by atoms with Crippen LogP contribution < -0.4 is 5.32 Å². The van der Waals surface area contributed by atoms with E-state index in [1.807, 2.05) is 42.3 Å². The van der Waals surface area contributed by atoms with Gasteiger partial charge in [0, 0.05) is 49.4 Å². The monoisotopic (exact) mass is 320 g/mol. The molecule has 1 aliphatic carbocycles. The number of rotatable bonds is 5. The molecule has 0 atom stereocenters. The van der Waals surface area contributed by atoms with E-state index in [4.69, 9.17) is 9.97 Å². The molecule has 1 aliphatic rings. The molecule has 6 heteroatoms. The van der Waals surface area contributed by atoms with Gasteiger partial charge in [0.15, 0.2) is 5.82 Å². The molecular formula is C18H20N6. The van der Waals surface area contributed by atoms with Crippen molar-refractivity contribution >= 4 is 5.82 Å². The van der Waals surface area contributed by atoms with Gasteiger partial charge in [0.1, 0.15) is 11.5 Å². The van der Waals surface area contributed by atoms with Gasteiger partial charge in [0.05, 0.1) is 6.33 Å². The second-order valence-electron chi connectivity index (χ2n) is 6.06. The maximum Gasteiger partial charge on any atom is 0.180 e. The summed E-state index contributed by atoms with van der Waals surface area (Å²) in [6, 6.07) is 5.83. The summed E-state index contributed by atoms with van der Waals surface area (Å²) in [4.78, 5) is 18.0. The molecule has 3 heterocycles. The average Bonchev–Trinajstić information content (AvgIpc) is 3.24. The Hall–Kier alpha value is -2.76. The van der Waals surface area contributed by atoms with Gasteiger partial charge in [-0.25, -0.2) is 15.0 Å². The third kappa shape index (κ3) is 2.87. The first kappa shape index (κ1) is 14.8. The standard InChI is InChI=1S/C18H20N6/c1-24-12-19-11-13(24)8-10-21-17-14-5-4-7-15(14)22-18(23-17)16-6-2-3-9-20-16/h2-3,6,9,11-12H,4-5,7-8,10H2,1H3,(H,21,22,23). The van der Waals surface area contributed by atoms with E-state index in [9.17, 15) is 0 Å². The molecule has 24 heavy (non-hydrogen) atoms. The number of anilines is 1. The van der Waals surface area contributed by atoms with Crippen molar-refractivity contribution in [3.8, 4) is 11.5 Å². The molecule has 6 nitrogen and oxygen atoms in total. The molecular weight excluding hydrogens is 300 g/mol. The molecule has 0 spiro atoms. The molecule has 3 aromatic heterocycles. The highest BCUT2D eigenvalue weighted by molar-refractivity contribution is 5.57. The second-order valence-corrected chi connectivity index (χ2v) is 6.06. The van der Waals surface area contributed by atoms with Crippen LogP contribution in [0.2, 0.25) is 0 Å². The molecule has 0 bridgehead atoms. The minimum Gasteiger partial charge on any atom is -0.369 e. The predicted molar refractivity (Wildman–Crippen MR) is 92.7 cm³/mol. The average molecular weight is 320 g/mol. The zero-order valence-corrected chi connectivity index (χ0v) is 13.7. The van der Waals surface area contributed by atoms with Gasteiger partial charge in [-0.3, -0.25) is 4.98 Å². The van der Waals surface area contributed by atoms with Gasteiger partial charge >= 0.3 is 0 Å². The Morgan fingerprint density at radius 1 is 1.21 bits per heavy atom. The molecule has 3 aromatic rings. The van der Waals surface area contributed by atoms with Crippen LogP contribution in [0.25, 0.3) is 11.5 Å². The van der Waals surface area contributed by atoms with Gasteiger partial charge in [-0.1, -0.05) is 6.07 Å². The molecule has 0 aliphatic heterocycles. The number of nitrogens with one attached hydrogen (secondary N) is 1. The molecule has 0 amide bonds. The highest BCUT2D eigenvalue weighted by Crippen LogP contribution is 2.28. The van der Waals surface area contributed by atoms with E-state index in [-0.39, 0.29) is 0 Å². The van der Waals surface area contributed by atoms with Crippen molar-refractivity contribution in [2.75, 3.05) is 11.9 Å². The summed E-state index contributed by atoms with van der Waals surface area (Å²) in [7, 11) is 2.02. The molecule has 4 rings (SSSR count). The summed E-state index contributed by atoms with van der Waals surface area (Å²) < 4.78 is 2.05. The van der Waals surface area contributed by atoms with Crippen LogP contribution in [-0.2, 0) is 26.3 Å². The van der Waals surface area contributed by atoms with Crippen molar-refractivity contribution < 1.29 is 0 Å². The third-order valence-corrected chi connectivity index (χ3v) is 4.42. The first-order valence-electron chi connectivity index (χ1n) is 8.31. The lowest BCUT2D eigenvalue weighted by atomic mass is 10.2. The molecule has 122 valence electrons. The number of hydrogen-bond donors (Lipinski definition) is 1. The maximum absolute atomic E-state index is 4.75. The lowest BCUT2D eigenvalue weighted by molar-refractivity contribution is 0.814. The third-order valence-electron chi connectivity index (χ3n) is 4.42. The van der Waals surface area contributed by atoms with Crippen molar-refractivity contribution in [2.24, 2.45) is 7.05 Å². The van der Waals surface area contributed by atoms with Gasteiger partial charge in [-0.2, -0.15) is 0 Å². The molecule has 0 aromatic carbocycles. The number of imidazole rings is 1. The summed E-state index contributed by atoms with van der Waals surface area (Å²) in [6.07, 6.45) is 9.64. The molecule has 0 fully saturated rings. The Balaban J connectivity index is 1.58. The predicted octanol–water partition coefficient (Wildman–Crippen LogP) is 2.42. The topological polar surface area (TPSA) is 68.5 Å². The largest absolute Gasteiger partial charge is 0.369 e. The van der Waals surface area contributed by atoms with E-state index in [0.717, 1.165) is 49.4 Å². The van der Waals surface area contributed by atoms with E-state index < -0.39 is 0 Å². The summed E-state index contributed by atoms with van der Waals surface area (Å²) in [5.41, 5.74) is 4.45.